The van der Waals surface area contributed by atoms with E-state index < -0.39 is 0 Å². The van der Waals surface area contributed by atoms with Gasteiger partial charge in [0, 0.05) is 17.0 Å². The average Bonchev–Trinajstić information content (AvgIpc) is 2.45. The highest BCUT2D eigenvalue weighted by atomic mass is 35.5. The molecular formula is C17H20Cl2N+. The quantitative estimate of drug-likeness (QED) is 0.828. The predicted molar refractivity (Wildman–Crippen MR) is 86.3 cm³/mol. The van der Waals surface area contributed by atoms with Crippen LogP contribution >= 0.6 is 23.2 Å². The highest BCUT2D eigenvalue weighted by Gasteiger charge is 2.08. The van der Waals surface area contributed by atoms with Crippen molar-refractivity contribution in [1.82, 2.24) is 0 Å². The van der Waals surface area contributed by atoms with Gasteiger partial charge < -0.3 is 5.32 Å². The maximum absolute atomic E-state index is 6.18. The molecule has 0 radical (unpaired) electrons. The number of hydrogen-bond acceptors (Lipinski definition) is 0. The minimum Gasteiger partial charge on any atom is -0.340 e. The van der Waals surface area contributed by atoms with Gasteiger partial charge in [-0.25, -0.2) is 0 Å². The third-order valence-corrected chi connectivity index (χ3v) is 4.07. The van der Waals surface area contributed by atoms with Gasteiger partial charge >= 0.3 is 0 Å². The molecule has 2 N–H and O–H groups in total. The van der Waals surface area contributed by atoms with E-state index in [1.165, 1.54) is 5.56 Å². The van der Waals surface area contributed by atoms with Gasteiger partial charge in [-0.15, -0.1) is 0 Å². The Morgan fingerprint density at radius 2 is 1.80 bits per heavy atom. The molecule has 3 heteroatoms. The summed E-state index contributed by atoms with van der Waals surface area (Å²) in [6, 6.07) is 16.9. The zero-order chi connectivity index (χ0) is 14.4. The van der Waals surface area contributed by atoms with Gasteiger partial charge in [0.2, 0.25) is 0 Å². The third-order valence-electron chi connectivity index (χ3n) is 3.49. The molecule has 0 aliphatic rings. The first-order chi connectivity index (χ1) is 9.65. The summed E-state index contributed by atoms with van der Waals surface area (Å²) in [6.45, 7) is 3.15. The molecule has 0 bridgehead atoms. The van der Waals surface area contributed by atoms with E-state index in [-0.39, 0.29) is 0 Å². The van der Waals surface area contributed by atoms with Crippen molar-refractivity contribution in [3.63, 3.8) is 0 Å². The minimum absolute atomic E-state index is 0.571. The van der Waals surface area contributed by atoms with Crippen molar-refractivity contribution in [1.29, 1.82) is 0 Å². The zero-order valence-electron chi connectivity index (χ0n) is 11.7. The summed E-state index contributed by atoms with van der Waals surface area (Å²) in [5.74, 6) is 0. The van der Waals surface area contributed by atoms with Crippen LogP contribution in [0.4, 0.5) is 0 Å². The van der Waals surface area contributed by atoms with E-state index in [2.05, 4.69) is 42.6 Å². The van der Waals surface area contributed by atoms with Crippen LogP contribution in [0, 0.1) is 0 Å². The number of aryl methyl sites for hydroxylation is 1. The Morgan fingerprint density at radius 3 is 2.50 bits per heavy atom. The lowest BCUT2D eigenvalue weighted by Gasteiger charge is -2.11. The Hall–Kier alpha value is -1.02. The van der Waals surface area contributed by atoms with Gasteiger partial charge in [-0.05, 0) is 31.0 Å². The van der Waals surface area contributed by atoms with Gasteiger partial charge in [0.05, 0.1) is 11.1 Å². The average molecular weight is 309 g/mol. The molecule has 0 saturated heterocycles. The molecule has 2 aromatic rings. The van der Waals surface area contributed by atoms with E-state index in [1.807, 2.05) is 12.1 Å². The number of rotatable bonds is 6. The van der Waals surface area contributed by atoms with Crippen LogP contribution in [0.2, 0.25) is 10.0 Å². The summed E-state index contributed by atoms with van der Waals surface area (Å²) >= 11 is 12.1. The lowest BCUT2D eigenvalue weighted by atomic mass is 10.1. The summed E-state index contributed by atoms with van der Waals surface area (Å²) in [7, 11) is 0. The lowest BCUT2D eigenvalue weighted by Crippen LogP contribution is -2.87. The maximum atomic E-state index is 6.18. The highest BCUT2D eigenvalue weighted by Crippen LogP contribution is 2.20. The fourth-order valence-corrected chi connectivity index (χ4v) is 2.66. The number of nitrogens with two attached hydrogens (primary N) is 1. The molecule has 0 aliphatic heterocycles. The Labute approximate surface area is 130 Å². The van der Waals surface area contributed by atoms with Crippen LogP contribution in [0.3, 0.4) is 0 Å². The van der Waals surface area contributed by atoms with E-state index in [4.69, 9.17) is 23.2 Å². The lowest BCUT2D eigenvalue weighted by molar-refractivity contribution is -0.701. The van der Waals surface area contributed by atoms with Crippen molar-refractivity contribution in [3.8, 4) is 0 Å². The first kappa shape index (κ1) is 15.4. The summed E-state index contributed by atoms with van der Waals surface area (Å²) in [5, 5.41) is 3.78. The van der Waals surface area contributed by atoms with E-state index in [1.54, 1.807) is 6.07 Å². The van der Waals surface area contributed by atoms with Crippen LogP contribution < -0.4 is 5.32 Å². The van der Waals surface area contributed by atoms with Gasteiger partial charge in [-0.3, -0.25) is 0 Å². The summed E-state index contributed by atoms with van der Waals surface area (Å²) in [4.78, 5) is 0. The SMILES string of the molecule is C[C@@H](CCc1ccccc1)[NH2+]Cc1ccc(Cl)cc1Cl. The van der Waals surface area contributed by atoms with E-state index in [0.29, 0.717) is 11.1 Å². The molecule has 1 nitrogen and oxygen atoms in total. The van der Waals surface area contributed by atoms with Crippen LogP contribution in [0.25, 0.3) is 0 Å². The maximum Gasteiger partial charge on any atom is 0.103 e. The van der Waals surface area contributed by atoms with Gasteiger partial charge in [0.15, 0.2) is 0 Å². The summed E-state index contributed by atoms with van der Waals surface area (Å²) in [5.41, 5.74) is 2.54. The molecule has 2 rings (SSSR count). The molecule has 20 heavy (non-hydrogen) atoms. The van der Waals surface area contributed by atoms with Crippen molar-refractivity contribution >= 4 is 23.2 Å². The van der Waals surface area contributed by atoms with Crippen LogP contribution in [-0.2, 0) is 13.0 Å². The summed E-state index contributed by atoms with van der Waals surface area (Å²) < 4.78 is 0. The van der Waals surface area contributed by atoms with Gasteiger partial charge in [-0.2, -0.15) is 0 Å². The van der Waals surface area contributed by atoms with Crippen LogP contribution in [0.5, 0.6) is 0 Å². The Kier molecular flexibility index (Phi) is 5.90. The topological polar surface area (TPSA) is 16.6 Å². The van der Waals surface area contributed by atoms with Crippen molar-refractivity contribution in [2.45, 2.75) is 32.4 Å². The molecule has 0 unspecified atom stereocenters. The number of halogens is 2. The molecule has 0 saturated carbocycles. The van der Waals surface area contributed by atoms with Crippen LogP contribution in [0.1, 0.15) is 24.5 Å². The number of quaternary nitrogens is 1. The standard InChI is InChI=1S/C17H19Cl2N/c1-13(7-8-14-5-3-2-4-6-14)20-12-15-9-10-16(18)11-17(15)19/h2-6,9-11,13,20H,7-8,12H2,1H3/p+1/t13-/m0/s1. The Bertz CT molecular complexity index is 540. The van der Waals surface area contributed by atoms with Crippen LogP contribution in [0.15, 0.2) is 48.5 Å². The first-order valence-electron chi connectivity index (χ1n) is 6.96. The zero-order valence-corrected chi connectivity index (χ0v) is 13.2. The minimum atomic E-state index is 0.571. The van der Waals surface area contributed by atoms with E-state index >= 15 is 0 Å². The van der Waals surface area contributed by atoms with Gasteiger partial charge in [-0.1, -0.05) is 59.6 Å². The second-order valence-electron chi connectivity index (χ2n) is 5.18. The van der Waals surface area contributed by atoms with Crippen molar-refractivity contribution in [3.05, 3.63) is 69.7 Å². The molecule has 0 spiro atoms. The molecule has 1 atom stereocenters. The van der Waals surface area contributed by atoms with Gasteiger partial charge in [0.1, 0.15) is 6.54 Å². The number of hydrogen-bond donors (Lipinski definition) is 1. The molecule has 0 heterocycles. The molecule has 106 valence electrons. The number of benzene rings is 2. The van der Waals surface area contributed by atoms with Crippen LogP contribution in [-0.4, -0.2) is 6.04 Å². The van der Waals surface area contributed by atoms with Gasteiger partial charge in [0.25, 0.3) is 0 Å². The molecule has 0 fully saturated rings. The Morgan fingerprint density at radius 1 is 1.05 bits per heavy atom. The predicted octanol–water partition coefficient (Wildman–Crippen LogP) is 4.08. The first-order valence-corrected chi connectivity index (χ1v) is 7.72. The second kappa shape index (κ2) is 7.68. The molecule has 2 aromatic carbocycles. The Balaban J connectivity index is 1.79. The third kappa shape index (κ3) is 4.82. The van der Waals surface area contributed by atoms with Crippen molar-refractivity contribution < 1.29 is 5.32 Å². The fraction of sp³-hybridized carbons (Fsp3) is 0.294. The van der Waals surface area contributed by atoms with E-state index in [0.717, 1.165) is 30.0 Å². The molecule has 0 amide bonds. The molecule has 0 aliphatic carbocycles. The smallest absolute Gasteiger partial charge is 0.103 e. The van der Waals surface area contributed by atoms with E-state index in [9.17, 15) is 0 Å². The molecule has 0 aromatic heterocycles. The molecular weight excluding hydrogens is 289 g/mol. The monoisotopic (exact) mass is 308 g/mol. The van der Waals surface area contributed by atoms with Crippen molar-refractivity contribution in [2.75, 3.05) is 0 Å². The fourth-order valence-electron chi connectivity index (χ4n) is 2.17. The largest absolute Gasteiger partial charge is 0.340 e. The summed E-state index contributed by atoms with van der Waals surface area (Å²) in [6.07, 6.45) is 2.28. The van der Waals surface area contributed by atoms with Crippen molar-refractivity contribution in [2.24, 2.45) is 0 Å². The normalized spacial score (nSPS) is 12.3. The second-order valence-corrected chi connectivity index (χ2v) is 6.02. The highest BCUT2D eigenvalue weighted by molar-refractivity contribution is 6.35.